The Balaban J connectivity index is 1.79. The molecule has 3 rings (SSSR count). The highest BCUT2D eigenvalue weighted by Gasteiger charge is 2.31. The van der Waals surface area contributed by atoms with Crippen LogP contribution >= 0.6 is 0 Å². The summed E-state index contributed by atoms with van der Waals surface area (Å²) in [5, 5.41) is 5.96. The average Bonchev–Trinajstić information content (AvgIpc) is 2.93. The van der Waals surface area contributed by atoms with Gasteiger partial charge in [-0.25, -0.2) is 4.79 Å². The fraction of sp³-hybridized carbons (Fsp3) is 0.500. The van der Waals surface area contributed by atoms with Crippen molar-refractivity contribution in [2.45, 2.75) is 51.2 Å². The van der Waals surface area contributed by atoms with Crippen LogP contribution in [0.15, 0.2) is 24.3 Å². The number of carbonyl (C=O) groups excluding carboxylic acids is 2. The molecular weight excluding hydrogens is 266 g/mol. The second-order valence-electron chi connectivity index (χ2n) is 5.88. The Kier molecular flexibility index (Phi) is 3.82. The molecule has 5 heteroatoms. The lowest BCUT2D eigenvalue weighted by Crippen LogP contribution is -2.50. The zero-order chi connectivity index (χ0) is 14.8. The Labute approximate surface area is 124 Å². The lowest BCUT2D eigenvalue weighted by Gasteiger charge is -2.27. The van der Waals surface area contributed by atoms with Crippen LogP contribution in [0.1, 0.15) is 38.2 Å². The van der Waals surface area contributed by atoms with Crippen LogP contribution in [0.2, 0.25) is 0 Å². The van der Waals surface area contributed by atoms with Crippen LogP contribution in [0, 0.1) is 0 Å². The van der Waals surface area contributed by atoms with Gasteiger partial charge in [-0.15, -0.1) is 0 Å². The summed E-state index contributed by atoms with van der Waals surface area (Å²) in [6.45, 7) is 2.23. The van der Waals surface area contributed by atoms with E-state index in [-0.39, 0.29) is 18.0 Å². The van der Waals surface area contributed by atoms with E-state index in [1.165, 1.54) is 12.8 Å². The van der Waals surface area contributed by atoms with Crippen LogP contribution in [-0.4, -0.2) is 28.9 Å². The largest absolute Gasteiger partial charge is 0.335 e. The number of nitrogens with zero attached hydrogens (tertiary/aromatic N) is 1. The SMILES string of the molecule is CC1C(=O)Nc2ccccc2CN1C(=O)NC1CCCC1. The number of urea groups is 1. The molecule has 1 aromatic carbocycles. The van der Waals surface area contributed by atoms with Gasteiger partial charge in [0.15, 0.2) is 0 Å². The fourth-order valence-corrected chi connectivity index (χ4v) is 3.05. The highest BCUT2D eigenvalue weighted by atomic mass is 16.2. The van der Waals surface area contributed by atoms with Crippen LogP contribution < -0.4 is 10.6 Å². The zero-order valence-electron chi connectivity index (χ0n) is 12.3. The molecule has 0 radical (unpaired) electrons. The first-order chi connectivity index (χ1) is 10.1. The maximum atomic E-state index is 12.5. The second kappa shape index (κ2) is 5.76. The molecule has 2 aliphatic rings. The number of amides is 3. The normalized spacial score (nSPS) is 22.4. The monoisotopic (exact) mass is 287 g/mol. The summed E-state index contributed by atoms with van der Waals surface area (Å²) in [6, 6.07) is 7.28. The number of carbonyl (C=O) groups is 2. The summed E-state index contributed by atoms with van der Waals surface area (Å²) in [6.07, 6.45) is 4.42. The van der Waals surface area contributed by atoms with E-state index < -0.39 is 6.04 Å². The molecule has 1 unspecified atom stereocenters. The van der Waals surface area contributed by atoms with Gasteiger partial charge in [0, 0.05) is 11.7 Å². The third-order valence-electron chi connectivity index (χ3n) is 4.41. The molecule has 0 spiro atoms. The van der Waals surface area contributed by atoms with Crippen molar-refractivity contribution in [3.05, 3.63) is 29.8 Å². The Morgan fingerprint density at radius 3 is 2.76 bits per heavy atom. The van der Waals surface area contributed by atoms with E-state index in [2.05, 4.69) is 10.6 Å². The van der Waals surface area contributed by atoms with E-state index in [1.807, 2.05) is 24.3 Å². The topological polar surface area (TPSA) is 61.4 Å². The minimum atomic E-state index is -0.473. The number of anilines is 1. The quantitative estimate of drug-likeness (QED) is 0.833. The van der Waals surface area contributed by atoms with E-state index >= 15 is 0 Å². The zero-order valence-corrected chi connectivity index (χ0v) is 12.3. The molecule has 1 aromatic rings. The highest BCUT2D eigenvalue weighted by Crippen LogP contribution is 2.24. The van der Waals surface area contributed by atoms with Gasteiger partial charge in [0.2, 0.25) is 5.91 Å². The third-order valence-corrected chi connectivity index (χ3v) is 4.41. The second-order valence-corrected chi connectivity index (χ2v) is 5.88. The number of hydrogen-bond acceptors (Lipinski definition) is 2. The molecule has 3 amide bonds. The van der Waals surface area contributed by atoms with Crippen molar-refractivity contribution in [1.82, 2.24) is 10.2 Å². The number of rotatable bonds is 1. The van der Waals surface area contributed by atoms with Crippen molar-refractivity contribution >= 4 is 17.6 Å². The average molecular weight is 287 g/mol. The van der Waals surface area contributed by atoms with Crippen LogP contribution in [-0.2, 0) is 11.3 Å². The predicted octanol–water partition coefficient (Wildman–Crippen LogP) is 2.48. The van der Waals surface area contributed by atoms with Gasteiger partial charge < -0.3 is 15.5 Å². The maximum Gasteiger partial charge on any atom is 0.318 e. The number of benzene rings is 1. The highest BCUT2D eigenvalue weighted by molar-refractivity contribution is 5.98. The molecule has 1 aliphatic carbocycles. The Morgan fingerprint density at radius 1 is 1.29 bits per heavy atom. The summed E-state index contributed by atoms with van der Waals surface area (Å²) in [5.41, 5.74) is 1.77. The first-order valence-corrected chi connectivity index (χ1v) is 7.61. The summed E-state index contributed by atoms with van der Waals surface area (Å²) in [7, 11) is 0. The minimum absolute atomic E-state index is 0.137. The molecule has 21 heavy (non-hydrogen) atoms. The first-order valence-electron chi connectivity index (χ1n) is 7.61. The van der Waals surface area contributed by atoms with Gasteiger partial charge in [0.25, 0.3) is 0 Å². The molecule has 1 fully saturated rings. The van der Waals surface area contributed by atoms with Gasteiger partial charge in [-0.2, -0.15) is 0 Å². The summed E-state index contributed by atoms with van der Waals surface area (Å²) in [4.78, 5) is 26.3. The van der Waals surface area contributed by atoms with Crippen LogP contribution in [0.3, 0.4) is 0 Å². The fourth-order valence-electron chi connectivity index (χ4n) is 3.05. The van der Waals surface area contributed by atoms with Gasteiger partial charge in [-0.1, -0.05) is 31.0 Å². The standard InChI is InChI=1S/C16H21N3O2/c1-11-15(20)18-14-9-5-2-6-12(14)10-19(11)16(21)17-13-7-3-4-8-13/h2,5-6,9,11,13H,3-4,7-8,10H2,1H3,(H,17,21)(H,18,20). The third kappa shape index (κ3) is 2.86. The Bertz CT molecular complexity index is 552. The van der Waals surface area contributed by atoms with E-state index in [4.69, 9.17) is 0 Å². The van der Waals surface area contributed by atoms with Crippen molar-refractivity contribution in [2.24, 2.45) is 0 Å². The molecule has 1 saturated carbocycles. The predicted molar refractivity (Wildman–Crippen MR) is 80.9 cm³/mol. The molecule has 1 heterocycles. The molecule has 5 nitrogen and oxygen atoms in total. The molecular formula is C16H21N3O2. The number of fused-ring (bicyclic) bond motifs is 1. The summed E-state index contributed by atoms with van der Waals surface area (Å²) < 4.78 is 0. The van der Waals surface area contributed by atoms with Crippen molar-refractivity contribution in [3.63, 3.8) is 0 Å². The van der Waals surface area contributed by atoms with Gasteiger partial charge in [-0.05, 0) is 31.4 Å². The Morgan fingerprint density at radius 2 is 2.00 bits per heavy atom. The summed E-state index contributed by atoms with van der Waals surface area (Å²) in [5.74, 6) is -0.137. The van der Waals surface area contributed by atoms with E-state index in [9.17, 15) is 9.59 Å². The van der Waals surface area contributed by atoms with Gasteiger partial charge in [0.05, 0.1) is 6.54 Å². The number of para-hydroxylation sites is 1. The molecule has 0 aromatic heterocycles. The van der Waals surface area contributed by atoms with E-state index in [0.717, 1.165) is 24.1 Å². The number of nitrogens with one attached hydrogen (secondary N) is 2. The molecule has 2 N–H and O–H groups in total. The minimum Gasteiger partial charge on any atom is -0.335 e. The van der Waals surface area contributed by atoms with Gasteiger partial charge in [0.1, 0.15) is 6.04 Å². The van der Waals surface area contributed by atoms with Gasteiger partial charge in [-0.3, -0.25) is 4.79 Å². The lowest BCUT2D eigenvalue weighted by atomic mass is 10.1. The number of hydrogen-bond donors (Lipinski definition) is 2. The van der Waals surface area contributed by atoms with Crippen molar-refractivity contribution in [1.29, 1.82) is 0 Å². The van der Waals surface area contributed by atoms with Crippen molar-refractivity contribution < 1.29 is 9.59 Å². The Hall–Kier alpha value is -2.04. The van der Waals surface area contributed by atoms with Crippen LogP contribution in [0.5, 0.6) is 0 Å². The van der Waals surface area contributed by atoms with Crippen molar-refractivity contribution in [2.75, 3.05) is 5.32 Å². The first kappa shape index (κ1) is 13.9. The van der Waals surface area contributed by atoms with Crippen LogP contribution in [0.25, 0.3) is 0 Å². The molecule has 0 bridgehead atoms. The molecule has 112 valence electrons. The smallest absolute Gasteiger partial charge is 0.318 e. The van der Waals surface area contributed by atoms with Crippen molar-refractivity contribution in [3.8, 4) is 0 Å². The molecule has 0 saturated heterocycles. The summed E-state index contributed by atoms with van der Waals surface area (Å²) >= 11 is 0. The van der Waals surface area contributed by atoms with Crippen LogP contribution in [0.4, 0.5) is 10.5 Å². The molecule has 1 aliphatic heterocycles. The van der Waals surface area contributed by atoms with E-state index in [1.54, 1.807) is 11.8 Å². The van der Waals surface area contributed by atoms with Gasteiger partial charge >= 0.3 is 6.03 Å². The lowest BCUT2D eigenvalue weighted by molar-refractivity contribution is -0.119. The molecule has 1 atom stereocenters. The van der Waals surface area contributed by atoms with E-state index in [0.29, 0.717) is 6.54 Å². The maximum absolute atomic E-state index is 12.5.